The number of aliphatic carboxylic acids is 1. The van der Waals surface area contributed by atoms with Crippen LogP contribution in [0.1, 0.15) is 45.1 Å². The topological polar surface area (TPSA) is 66.4 Å². The van der Waals surface area contributed by atoms with Crippen LogP contribution >= 0.6 is 0 Å². The molecule has 4 heteroatoms. The molecule has 134 valence electrons. The maximum absolute atomic E-state index is 12.5. The standard InChI is InChI=1S/C21H27NO3/c1-3-8-16(9-4-2)20(23)22-19(21(24)25)14-17-12-7-11-15-10-5-6-13-18(15)17/h5-7,10-13,16,19H,3-4,8-9,14H2,1-2H3,(H,22,23)(H,24,25). The molecule has 0 saturated heterocycles. The van der Waals surface area contributed by atoms with Gasteiger partial charge in [0.05, 0.1) is 0 Å². The van der Waals surface area contributed by atoms with Crippen LogP contribution in [-0.2, 0) is 16.0 Å². The number of amides is 1. The second kappa shape index (κ2) is 9.21. The number of carbonyl (C=O) groups is 2. The van der Waals surface area contributed by atoms with Crippen LogP contribution in [0.25, 0.3) is 10.8 Å². The van der Waals surface area contributed by atoms with Crippen LogP contribution in [0.5, 0.6) is 0 Å². The molecule has 0 aliphatic carbocycles. The Bertz CT molecular complexity index is 715. The fourth-order valence-electron chi connectivity index (χ4n) is 3.28. The van der Waals surface area contributed by atoms with Gasteiger partial charge >= 0.3 is 5.97 Å². The van der Waals surface area contributed by atoms with Crippen LogP contribution in [-0.4, -0.2) is 23.0 Å². The predicted molar refractivity (Wildman–Crippen MR) is 101 cm³/mol. The number of nitrogens with one attached hydrogen (secondary N) is 1. The van der Waals surface area contributed by atoms with Gasteiger partial charge in [-0.3, -0.25) is 4.79 Å². The fraction of sp³-hybridized carbons (Fsp3) is 0.429. The molecule has 1 amide bonds. The number of carbonyl (C=O) groups excluding carboxylic acids is 1. The first kappa shape index (κ1) is 19.0. The summed E-state index contributed by atoms with van der Waals surface area (Å²) in [4.78, 5) is 24.2. The lowest BCUT2D eigenvalue weighted by Gasteiger charge is -2.20. The fourth-order valence-corrected chi connectivity index (χ4v) is 3.28. The molecule has 0 heterocycles. The van der Waals surface area contributed by atoms with Crippen LogP contribution < -0.4 is 5.32 Å². The Morgan fingerprint density at radius 1 is 1.00 bits per heavy atom. The first-order valence-electron chi connectivity index (χ1n) is 9.06. The number of fused-ring (bicyclic) bond motifs is 1. The molecule has 0 saturated carbocycles. The van der Waals surface area contributed by atoms with Gasteiger partial charge in [-0.15, -0.1) is 0 Å². The minimum absolute atomic E-state index is 0.107. The number of carboxylic acids is 1. The Hall–Kier alpha value is -2.36. The number of hydrogen-bond acceptors (Lipinski definition) is 2. The van der Waals surface area contributed by atoms with E-state index in [1.54, 1.807) is 0 Å². The van der Waals surface area contributed by atoms with E-state index in [2.05, 4.69) is 5.32 Å². The van der Waals surface area contributed by atoms with Gasteiger partial charge in [-0.1, -0.05) is 69.2 Å². The summed E-state index contributed by atoms with van der Waals surface area (Å²) in [5.41, 5.74) is 0.938. The lowest BCUT2D eigenvalue weighted by Crippen LogP contribution is -2.45. The van der Waals surface area contributed by atoms with Gasteiger partial charge in [0.15, 0.2) is 0 Å². The largest absolute Gasteiger partial charge is 0.480 e. The van der Waals surface area contributed by atoms with Gasteiger partial charge in [-0.25, -0.2) is 4.79 Å². The third kappa shape index (κ3) is 5.05. The molecule has 25 heavy (non-hydrogen) atoms. The average molecular weight is 341 g/mol. The monoisotopic (exact) mass is 341 g/mol. The van der Waals surface area contributed by atoms with Crippen molar-refractivity contribution in [1.82, 2.24) is 5.32 Å². The van der Waals surface area contributed by atoms with Gasteiger partial charge in [0.2, 0.25) is 5.91 Å². The Morgan fingerprint density at radius 3 is 2.28 bits per heavy atom. The number of benzene rings is 2. The van der Waals surface area contributed by atoms with E-state index >= 15 is 0 Å². The van der Waals surface area contributed by atoms with E-state index in [9.17, 15) is 14.7 Å². The summed E-state index contributed by atoms with van der Waals surface area (Å²) in [5, 5.41) is 14.4. The van der Waals surface area contributed by atoms with E-state index in [1.807, 2.05) is 56.3 Å². The molecule has 0 bridgehead atoms. The maximum atomic E-state index is 12.5. The SMILES string of the molecule is CCCC(CCC)C(=O)NC(Cc1cccc2ccccc12)C(=O)O. The summed E-state index contributed by atoms with van der Waals surface area (Å²) >= 11 is 0. The molecule has 1 unspecified atom stereocenters. The summed E-state index contributed by atoms with van der Waals surface area (Å²) in [7, 11) is 0. The van der Waals surface area contributed by atoms with Crippen LogP contribution in [0.4, 0.5) is 0 Å². The summed E-state index contributed by atoms with van der Waals surface area (Å²) in [6.45, 7) is 4.08. The van der Waals surface area contributed by atoms with Crippen molar-refractivity contribution in [3.05, 3.63) is 48.0 Å². The second-order valence-corrected chi connectivity index (χ2v) is 6.52. The van der Waals surface area contributed by atoms with Gasteiger partial charge < -0.3 is 10.4 Å². The van der Waals surface area contributed by atoms with Crippen molar-refractivity contribution in [2.24, 2.45) is 5.92 Å². The molecular weight excluding hydrogens is 314 g/mol. The highest BCUT2D eigenvalue weighted by atomic mass is 16.4. The third-order valence-electron chi connectivity index (χ3n) is 4.56. The van der Waals surface area contributed by atoms with Crippen molar-refractivity contribution in [3.8, 4) is 0 Å². The van der Waals surface area contributed by atoms with E-state index in [0.29, 0.717) is 0 Å². The number of rotatable bonds is 9. The minimum Gasteiger partial charge on any atom is -0.480 e. The van der Waals surface area contributed by atoms with Gasteiger partial charge in [0.25, 0.3) is 0 Å². The average Bonchev–Trinajstić information content (AvgIpc) is 2.61. The van der Waals surface area contributed by atoms with Gasteiger partial charge in [-0.2, -0.15) is 0 Å². The van der Waals surface area contributed by atoms with E-state index in [-0.39, 0.29) is 18.2 Å². The molecule has 1 atom stereocenters. The highest BCUT2D eigenvalue weighted by Crippen LogP contribution is 2.20. The summed E-state index contributed by atoms with van der Waals surface area (Å²) < 4.78 is 0. The zero-order valence-electron chi connectivity index (χ0n) is 15.0. The minimum atomic E-state index is -0.993. The van der Waals surface area contributed by atoms with Gasteiger partial charge in [0.1, 0.15) is 6.04 Å². The molecule has 0 fully saturated rings. The first-order valence-corrected chi connectivity index (χ1v) is 9.06. The van der Waals surface area contributed by atoms with Crippen molar-refractivity contribution < 1.29 is 14.7 Å². The zero-order chi connectivity index (χ0) is 18.2. The molecule has 0 aliphatic heterocycles. The lowest BCUT2D eigenvalue weighted by atomic mass is 9.95. The third-order valence-corrected chi connectivity index (χ3v) is 4.56. The Kier molecular flexibility index (Phi) is 6.99. The first-order chi connectivity index (χ1) is 12.1. The van der Waals surface area contributed by atoms with Crippen LogP contribution in [0.15, 0.2) is 42.5 Å². The van der Waals surface area contributed by atoms with Crippen molar-refractivity contribution in [2.75, 3.05) is 0 Å². The van der Waals surface area contributed by atoms with Crippen molar-refractivity contribution >= 4 is 22.6 Å². The Balaban J connectivity index is 2.18. The molecule has 2 aromatic carbocycles. The highest BCUT2D eigenvalue weighted by molar-refractivity contribution is 5.88. The van der Waals surface area contributed by atoms with E-state index in [1.165, 1.54) is 0 Å². The summed E-state index contributed by atoms with van der Waals surface area (Å²) in [5.74, 6) is -1.24. The zero-order valence-corrected chi connectivity index (χ0v) is 15.0. The molecular formula is C21H27NO3. The second-order valence-electron chi connectivity index (χ2n) is 6.52. The number of hydrogen-bond donors (Lipinski definition) is 2. The predicted octanol–water partition coefficient (Wildman–Crippen LogP) is 4.17. The van der Waals surface area contributed by atoms with Crippen molar-refractivity contribution in [2.45, 2.75) is 52.0 Å². The van der Waals surface area contributed by atoms with Crippen LogP contribution in [0.3, 0.4) is 0 Å². The van der Waals surface area contributed by atoms with Crippen molar-refractivity contribution in [3.63, 3.8) is 0 Å². The molecule has 0 aliphatic rings. The van der Waals surface area contributed by atoms with Crippen LogP contribution in [0, 0.1) is 5.92 Å². The maximum Gasteiger partial charge on any atom is 0.326 e. The van der Waals surface area contributed by atoms with Crippen LogP contribution in [0.2, 0.25) is 0 Å². The van der Waals surface area contributed by atoms with E-state index in [0.717, 1.165) is 42.0 Å². The molecule has 2 aromatic rings. The number of carboxylic acid groups (broad SMARTS) is 1. The normalized spacial score (nSPS) is 12.3. The quantitative estimate of drug-likeness (QED) is 0.719. The molecule has 0 aromatic heterocycles. The lowest BCUT2D eigenvalue weighted by molar-refractivity contribution is -0.142. The molecule has 0 spiro atoms. The molecule has 2 rings (SSSR count). The smallest absolute Gasteiger partial charge is 0.326 e. The Morgan fingerprint density at radius 2 is 1.64 bits per heavy atom. The molecule has 0 radical (unpaired) electrons. The van der Waals surface area contributed by atoms with E-state index < -0.39 is 12.0 Å². The Labute approximate surface area is 149 Å². The van der Waals surface area contributed by atoms with Crippen molar-refractivity contribution in [1.29, 1.82) is 0 Å². The van der Waals surface area contributed by atoms with Gasteiger partial charge in [-0.05, 0) is 29.2 Å². The highest BCUT2D eigenvalue weighted by Gasteiger charge is 2.25. The van der Waals surface area contributed by atoms with Gasteiger partial charge in [0, 0.05) is 12.3 Å². The summed E-state index contributed by atoms with van der Waals surface area (Å²) in [6.07, 6.45) is 3.70. The summed E-state index contributed by atoms with van der Waals surface area (Å²) in [6, 6.07) is 12.9. The van der Waals surface area contributed by atoms with E-state index in [4.69, 9.17) is 0 Å². The molecule has 4 nitrogen and oxygen atoms in total. The molecule has 2 N–H and O–H groups in total.